The molecule has 2 aromatic rings. The van der Waals surface area contributed by atoms with Crippen LogP contribution in [0.4, 0.5) is 4.39 Å². The van der Waals surface area contributed by atoms with Crippen molar-refractivity contribution in [3.8, 4) is 0 Å². The number of nitrogens with one attached hydrogen (secondary N) is 2. The van der Waals surface area contributed by atoms with E-state index in [-0.39, 0.29) is 11.4 Å². The number of carbonyl (C=O) groups excluding carboxylic acids is 1. The smallest absolute Gasteiger partial charge is 0.241 e. The van der Waals surface area contributed by atoms with E-state index in [0.717, 1.165) is 11.1 Å². The zero-order chi connectivity index (χ0) is 17.7. The highest BCUT2D eigenvalue weighted by Gasteiger charge is 2.16. The van der Waals surface area contributed by atoms with Crippen LogP contribution in [0.1, 0.15) is 16.7 Å². The van der Waals surface area contributed by atoms with Gasteiger partial charge in [-0.25, -0.2) is 17.5 Å². The zero-order valence-corrected chi connectivity index (χ0v) is 14.3. The molecule has 0 aromatic heterocycles. The number of carbonyl (C=O) groups is 1. The average molecular weight is 350 g/mol. The van der Waals surface area contributed by atoms with Gasteiger partial charge in [-0.2, -0.15) is 0 Å². The second kappa shape index (κ2) is 7.55. The fourth-order valence-electron chi connectivity index (χ4n) is 2.02. The van der Waals surface area contributed by atoms with Gasteiger partial charge in [-0.15, -0.1) is 0 Å². The zero-order valence-electron chi connectivity index (χ0n) is 13.5. The maximum Gasteiger partial charge on any atom is 0.241 e. The van der Waals surface area contributed by atoms with E-state index in [0.29, 0.717) is 5.56 Å². The molecule has 0 aliphatic heterocycles. The van der Waals surface area contributed by atoms with Crippen molar-refractivity contribution < 1.29 is 17.6 Å². The molecule has 2 aromatic carbocycles. The first kappa shape index (κ1) is 18.1. The van der Waals surface area contributed by atoms with Gasteiger partial charge in [-0.05, 0) is 43.2 Å². The first-order valence-electron chi connectivity index (χ1n) is 7.36. The Morgan fingerprint density at radius 1 is 1.08 bits per heavy atom. The van der Waals surface area contributed by atoms with Crippen molar-refractivity contribution in [2.75, 3.05) is 6.54 Å². The Bertz CT molecular complexity index is 851. The summed E-state index contributed by atoms with van der Waals surface area (Å²) in [5.41, 5.74) is 2.17. The van der Waals surface area contributed by atoms with Crippen LogP contribution >= 0.6 is 0 Å². The van der Waals surface area contributed by atoms with Crippen LogP contribution in [0.5, 0.6) is 0 Å². The Morgan fingerprint density at radius 3 is 2.46 bits per heavy atom. The van der Waals surface area contributed by atoms with E-state index < -0.39 is 28.3 Å². The summed E-state index contributed by atoms with van der Waals surface area (Å²) in [5.74, 6) is -0.959. The highest BCUT2D eigenvalue weighted by atomic mass is 32.2. The van der Waals surface area contributed by atoms with E-state index in [2.05, 4.69) is 10.0 Å². The lowest BCUT2D eigenvalue weighted by molar-refractivity contribution is -0.120. The molecule has 1 amide bonds. The molecule has 24 heavy (non-hydrogen) atoms. The predicted molar refractivity (Wildman–Crippen MR) is 89.4 cm³/mol. The van der Waals surface area contributed by atoms with Gasteiger partial charge in [0.2, 0.25) is 15.9 Å². The molecule has 0 unspecified atom stereocenters. The van der Waals surface area contributed by atoms with E-state index in [1.807, 2.05) is 13.8 Å². The normalized spacial score (nSPS) is 11.3. The molecular weight excluding hydrogens is 331 g/mol. The minimum absolute atomic E-state index is 0.00310. The molecule has 0 fully saturated rings. The third-order valence-corrected chi connectivity index (χ3v) is 5.04. The predicted octanol–water partition coefficient (Wildman–Crippen LogP) is 2.04. The number of halogens is 1. The fourth-order valence-corrected chi connectivity index (χ4v) is 3.09. The van der Waals surface area contributed by atoms with Crippen molar-refractivity contribution in [3.63, 3.8) is 0 Å². The number of rotatable bonds is 6. The second-order valence-corrected chi connectivity index (χ2v) is 7.21. The molecular formula is C17H19FN2O3S. The van der Waals surface area contributed by atoms with Gasteiger partial charge in [0.15, 0.2) is 0 Å². The van der Waals surface area contributed by atoms with Crippen LogP contribution in [0.15, 0.2) is 47.4 Å². The van der Waals surface area contributed by atoms with Crippen LogP contribution < -0.4 is 10.0 Å². The molecule has 0 spiro atoms. The van der Waals surface area contributed by atoms with Crippen molar-refractivity contribution in [2.24, 2.45) is 0 Å². The van der Waals surface area contributed by atoms with Gasteiger partial charge in [0.25, 0.3) is 0 Å². The summed E-state index contributed by atoms with van der Waals surface area (Å²) in [5, 5.41) is 2.48. The number of hydrogen-bond acceptors (Lipinski definition) is 3. The lowest BCUT2D eigenvalue weighted by Gasteiger charge is -2.09. The molecule has 128 valence electrons. The molecule has 0 saturated heterocycles. The third-order valence-electron chi connectivity index (χ3n) is 3.65. The lowest BCUT2D eigenvalue weighted by Crippen LogP contribution is -2.36. The quantitative estimate of drug-likeness (QED) is 0.837. The van der Waals surface area contributed by atoms with Gasteiger partial charge in [0, 0.05) is 12.1 Å². The van der Waals surface area contributed by atoms with E-state index in [4.69, 9.17) is 0 Å². The second-order valence-electron chi connectivity index (χ2n) is 5.44. The van der Waals surface area contributed by atoms with Crippen molar-refractivity contribution in [1.82, 2.24) is 10.0 Å². The molecule has 0 heterocycles. The lowest BCUT2D eigenvalue weighted by atomic mass is 10.1. The van der Waals surface area contributed by atoms with E-state index in [9.17, 15) is 17.6 Å². The molecule has 2 N–H and O–H groups in total. The van der Waals surface area contributed by atoms with E-state index in [1.54, 1.807) is 30.3 Å². The summed E-state index contributed by atoms with van der Waals surface area (Å²) in [6.45, 7) is 3.28. The Kier molecular flexibility index (Phi) is 5.69. The fraction of sp³-hybridized carbons (Fsp3) is 0.235. The Labute approximate surface area is 141 Å². The van der Waals surface area contributed by atoms with Crippen molar-refractivity contribution in [1.29, 1.82) is 0 Å². The van der Waals surface area contributed by atoms with Crippen molar-refractivity contribution >= 4 is 15.9 Å². The summed E-state index contributed by atoms with van der Waals surface area (Å²) in [7, 11) is -3.77. The molecule has 0 saturated carbocycles. The molecule has 0 aliphatic rings. The number of amides is 1. The highest BCUT2D eigenvalue weighted by molar-refractivity contribution is 7.89. The Morgan fingerprint density at radius 2 is 1.79 bits per heavy atom. The maximum atomic E-state index is 13.4. The summed E-state index contributed by atoms with van der Waals surface area (Å²) >= 11 is 0. The van der Waals surface area contributed by atoms with Crippen LogP contribution in [0.3, 0.4) is 0 Å². The minimum atomic E-state index is -3.77. The van der Waals surface area contributed by atoms with Gasteiger partial charge in [0.05, 0.1) is 11.4 Å². The van der Waals surface area contributed by atoms with Gasteiger partial charge < -0.3 is 5.32 Å². The summed E-state index contributed by atoms with van der Waals surface area (Å²) < 4.78 is 40.0. The first-order chi connectivity index (χ1) is 11.3. The van der Waals surface area contributed by atoms with Crippen molar-refractivity contribution in [3.05, 3.63) is 65.0 Å². The number of benzene rings is 2. The van der Waals surface area contributed by atoms with Crippen LogP contribution in [0.2, 0.25) is 0 Å². The van der Waals surface area contributed by atoms with Gasteiger partial charge >= 0.3 is 0 Å². The SMILES string of the molecule is Cc1ccc(S(=O)(=O)NCC(=O)NCc2ccccc2F)cc1C. The Balaban J connectivity index is 1.93. The van der Waals surface area contributed by atoms with Gasteiger partial charge in [-0.3, -0.25) is 4.79 Å². The molecule has 0 atom stereocenters. The van der Waals surface area contributed by atoms with Crippen LogP contribution in [0, 0.1) is 19.7 Å². The number of sulfonamides is 1. The number of aryl methyl sites for hydroxylation is 2. The molecule has 0 bridgehead atoms. The molecule has 0 radical (unpaired) electrons. The maximum absolute atomic E-state index is 13.4. The van der Waals surface area contributed by atoms with Crippen molar-refractivity contribution in [2.45, 2.75) is 25.3 Å². The number of hydrogen-bond donors (Lipinski definition) is 2. The highest BCUT2D eigenvalue weighted by Crippen LogP contribution is 2.14. The topological polar surface area (TPSA) is 75.3 Å². The monoisotopic (exact) mass is 350 g/mol. The summed E-state index contributed by atoms with van der Waals surface area (Å²) in [6.07, 6.45) is 0. The largest absolute Gasteiger partial charge is 0.351 e. The van der Waals surface area contributed by atoms with Crippen LogP contribution in [0.25, 0.3) is 0 Å². The molecule has 0 aliphatic carbocycles. The summed E-state index contributed by atoms with van der Waals surface area (Å²) in [4.78, 5) is 11.9. The third kappa shape index (κ3) is 4.62. The van der Waals surface area contributed by atoms with Gasteiger partial charge in [0.1, 0.15) is 5.82 Å². The van der Waals surface area contributed by atoms with E-state index in [1.165, 1.54) is 12.1 Å². The van der Waals surface area contributed by atoms with Crippen LogP contribution in [-0.2, 0) is 21.4 Å². The average Bonchev–Trinajstić information content (AvgIpc) is 2.54. The Hall–Kier alpha value is -2.25. The summed E-state index contributed by atoms with van der Waals surface area (Å²) in [6, 6.07) is 10.8. The molecule has 5 nitrogen and oxygen atoms in total. The van der Waals surface area contributed by atoms with Gasteiger partial charge in [-0.1, -0.05) is 24.3 Å². The standard InChI is InChI=1S/C17H19FN2O3S/c1-12-7-8-15(9-13(12)2)24(22,23)20-11-17(21)19-10-14-5-3-4-6-16(14)18/h3-9,20H,10-11H2,1-2H3,(H,19,21). The van der Waals surface area contributed by atoms with Crippen LogP contribution in [-0.4, -0.2) is 20.9 Å². The first-order valence-corrected chi connectivity index (χ1v) is 8.85. The van der Waals surface area contributed by atoms with E-state index >= 15 is 0 Å². The minimum Gasteiger partial charge on any atom is -0.351 e. The molecule has 7 heteroatoms. The molecule has 2 rings (SSSR count).